The van der Waals surface area contributed by atoms with Gasteiger partial charge in [0.2, 0.25) is 5.91 Å². The lowest BCUT2D eigenvalue weighted by Gasteiger charge is -2.27. The summed E-state index contributed by atoms with van der Waals surface area (Å²) in [5.74, 6) is -0.233. The molecule has 1 aliphatic carbocycles. The van der Waals surface area contributed by atoms with Crippen LogP contribution in [-0.4, -0.2) is 30.7 Å². The molecule has 4 nitrogen and oxygen atoms in total. The number of carbonyl (C=O) groups is 1. The largest absolute Gasteiger partial charge is 0.381 e. The molecule has 1 amide bonds. The highest BCUT2D eigenvalue weighted by molar-refractivity contribution is 5.84. The molecule has 112 valence electrons. The molecule has 1 unspecified atom stereocenters. The van der Waals surface area contributed by atoms with Crippen LogP contribution in [0.15, 0.2) is 0 Å². The zero-order chi connectivity index (χ0) is 14.1. The normalized spacial score (nSPS) is 18.2. The van der Waals surface area contributed by atoms with Crippen LogP contribution in [0, 0.1) is 0 Å². The summed E-state index contributed by atoms with van der Waals surface area (Å²) in [6.45, 7) is 5.77. The van der Waals surface area contributed by atoms with Crippen LogP contribution in [0.25, 0.3) is 0 Å². The molecule has 0 heterocycles. The number of unbranched alkanes of at least 4 members (excludes halogenated alkanes) is 3. The van der Waals surface area contributed by atoms with Gasteiger partial charge in [0.05, 0.1) is 5.54 Å². The lowest BCUT2D eigenvalue weighted by molar-refractivity contribution is -0.124. The summed E-state index contributed by atoms with van der Waals surface area (Å²) >= 11 is 0. The third-order valence-corrected chi connectivity index (χ3v) is 3.75. The molecule has 1 saturated carbocycles. The van der Waals surface area contributed by atoms with Crippen molar-refractivity contribution in [3.8, 4) is 0 Å². The number of nitrogens with two attached hydrogens (primary N) is 1. The third-order valence-electron chi connectivity index (χ3n) is 3.75. The van der Waals surface area contributed by atoms with Crippen molar-refractivity contribution in [2.24, 2.45) is 5.73 Å². The van der Waals surface area contributed by atoms with Gasteiger partial charge in [0.25, 0.3) is 0 Å². The molecular weight excluding hydrogens is 240 g/mol. The lowest BCUT2D eigenvalue weighted by atomic mass is 9.94. The fourth-order valence-corrected chi connectivity index (χ4v) is 2.18. The Labute approximate surface area is 117 Å². The molecule has 3 N–H and O–H groups in total. The molecule has 0 aliphatic heterocycles. The van der Waals surface area contributed by atoms with Gasteiger partial charge in [-0.05, 0) is 45.4 Å². The average molecular weight is 270 g/mol. The SMILES string of the molecule is CCCCCOCCCCC(C)(NC1CC1)C(N)=O. The molecular formula is C15H30N2O2. The van der Waals surface area contributed by atoms with Crippen molar-refractivity contribution < 1.29 is 9.53 Å². The number of hydrogen-bond donors (Lipinski definition) is 2. The fraction of sp³-hybridized carbons (Fsp3) is 0.933. The second-order valence-electron chi connectivity index (χ2n) is 5.89. The van der Waals surface area contributed by atoms with Gasteiger partial charge in [0.15, 0.2) is 0 Å². The van der Waals surface area contributed by atoms with Crippen LogP contribution in [0.5, 0.6) is 0 Å². The van der Waals surface area contributed by atoms with Crippen LogP contribution in [-0.2, 0) is 9.53 Å². The van der Waals surface area contributed by atoms with E-state index in [-0.39, 0.29) is 5.91 Å². The molecule has 1 rings (SSSR count). The number of hydrogen-bond acceptors (Lipinski definition) is 3. The maximum absolute atomic E-state index is 11.6. The molecule has 1 fully saturated rings. The number of ether oxygens (including phenoxy) is 1. The van der Waals surface area contributed by atoms with Crippen molar-refractivity contribution in [2.45, 2.75) is 76.8 Å². The standard InChI is InChI=1S/C15H30N2O2/c1-3-4-6-11-19-12-7-5-10-15(2,14(16)18)17-13-8-9-13/h13,17H,3-12H2,1-2H3,(H2,16,18). The van der Waals surface area contributed by atoms with Crippen LogP contribution in [0.3, 0.4) is 0 Å². The zero-order valence-corrected chi connectivity index (χ0v) is 12.5. The molecule has 1 aliphatic rings. The van der Waals surface area contributed by atoms with E-state index in [1.165, 1.54) is 25.7 Å². The third kappa shape index (κ3) is 6.92. The Morgan fingerprint density at radius 1 is 1.26 bits per heavy atom. The van der Waals surface area contributed by atoms with Crippen molar-refractivity contribution in [3.63, 3.8) is 0 Å². The molecule has 0 spiro atoms. The van der Waals surface area contributed by atoms with E-state index in [1.807, 2.05) is 6.92 Å². The predicted molar refractivity (Wildman–Crippen MR) is 78.0 cm³/mol. The van der Waals surface area contributed by atoms with E-state index in [0.717, 1.165) is 38.9 Å². The van der Waals surface area contributed by atoms with E-state index in [1.54, 1.807) is 0 Å². The summed E-state index contributed by atoms with van der Waals surface area (Å²) in [6, 6.07) is 0.503. The minimum Gasteiger partial charge on any atom is -0.381 e. The Bertz CT molecular complexity index is 267. The van der Waals surface area contributed by atoms with E-state index >= 15 is 0 Å². The van der Waals surface area contributed by atoms with E-state index in [9.17, 15) is 4.79 Å². The quantitative estimate of drug-likeness (QED) is 0.535. The predicted octanol–water partition coefficient (Wildman–Crippen LogP) is 2.36. The van der Waals surface area contributed by atoms with Gasteiger partial charge in [-0.25, -0.2) is 0 Å². The van der Waals surface area contributed by atoms with Crippen LogP contribution in [0.1, 0.15) is 65.2 Å². The minimum atomic E-state index is -0.538. The molecule has 0 bridgehead atoms. The molecule has 4 heteroatoms. The monoisotopic (exact) mass is 270 g/mol. The van der Waals surface area contributed by atoms with Gasteiger partial charge in [0.1, 0.15) is 0 Å². The van der Waals surface area contributed by atoms with Gasteiger partial charge in [-0.2, -0.15) is 0 Å². The van der Waals surface area contributed by atoms with Gasteiger partial charge in [-0.15, -0.1) is 0 Å². The van der Waals surface area contributed by atoms with Gasteiger partial charge < -0.3 is 15.8 Å². The first-order valence-corrected chi connectivity index (χ1v) is 7.74. The minimum absolute atomic E-state index is 0.233. The first-order valence-electron chi connectivity index (χ1n) is 7.74. The van der Waals surface area contributed by atoms with Gasteiger partial charge in [-0.3, -0.25) is 4.79 Å². The Balaban J connectivity index is 2.06. The fourth-order valence-electron chi connectivity index (χ4n) is 2.18. The lowest BCUT2D eigenvalue weighted by Crippen LogP contribution is -2.53. The number of nitrogens with one attached hydrogen (secondary N) is 1. The second-order valence-corrected chi connectivity index (χ2v) is 5.89. The Morgan fingerprint density at radius 2 is 1.89 bits per heavy atom. The summed E-state index contributed by atoms with van der Waals surface area (Å²) in [5.41, 5.74) is 4.97. The summed E-state index contributed by atoms with van der Waals surface area (Å²) in [6.07, 6.45) is 8.75. The Morgan fingerprint density at radius 3 is 2.42 bits per heavy atom. The van der Waals surface area contributed by atoms with E-state index < -0.39 is 5.54 Å². The molecule has 0 radical (unpaired) electrons. The topological polar surface area (TPSA) is 64.3 Å². The van der Waals surface area contributed by atoms with E-state index in [0.29, 0.717) is 6.04 Å². The Hall–Kier alpha value is -0.610. The molecule has 19 heavy (non-hydrogen) atoms. The molecule has 0 aromatic rings. The highest BCUT2D eigenvalue weighted by Crippen LogP contribution is 2.25. The van der Waals surface area contributed by atoms with Crippen LogP contribution in [0.4, 0.5) is 0 Å². The average Bonchev–Trinajstić information content (AvgIpc) is 3.16. The summed E-state index contributed by atoms with van der Waals surface area (Å²) in [4.78, 5) is 11.6. The van der Waals surface area contributed by atoms with Crippen molar-refractivity contribution in [3.05, 3.63) is 0 Å². The summed E-state index contributed by atoms with van der Waals surface area (Å²) in [5, 5.41) is 3.37. The van der Waals surface area contributed by atoms with Gasteiger partial charge >= 0.3 is 0 Å². The summed E-state index contributed by atoms with van der Waals surface area (Å²) < 4.78 is 5.57. The highest BCUT2D eigenvalue weighted by atomic mass is 16.5. The highest BCUT2D eigenvalue weighted by Gasteiger charge is 2.36. The van der Waals surface area contributed by atoms with Crippen molar-refractivity contribution >= 4 is 5.91 Å². The molecule has 0 aromatic heterocycles. The van der Waals surface area contributed by atoms with Gasteiger partial charge in [0, 0.05) is 19.3 Å². The van der Waals surface area contributed by atoms with Gasteiger partial charge in [-0.1, -0.05) is 19.8 Å². The first-order chi connectivity index (χ1) is 9.08. The number of primary amides is 1. The molecule has 1 atom stereocenters. The summed E-state index contributed by atoms with van der Waals surface area (Å²) in [7, 11) is 0. The van der Waals surface area contributed by atoms with Crippen molar-refractivity contribution in [2.75, 3.05) is 13.2 Å². The molecule has 0 aromatic carbocycles. The first kappa shape index (κ1) is 16.4. The smallest absolute Gasteiger partial charge is 0.237 e. The Kier molecular flexibility index (Phi) is 7.39. The van der Waals surface area contributed by atoms with Crippen molar-refractivity contribution in [1.29, 1.82) is 0 Å². The maximum atomic E-state index is 11.6. The van der Waals surface area contributed by atoms with Crippen LogP contribution < -0.4 is 11.1 Å². The maximum Gasteiger partial charge on any atom is 0.237 e. The van der Waals surface area contributed by atoms with Crippen LogP contribution >= 0.6 is 0 Å². The molecule has 0 saturated heterocycles. The van der Waals surface area contributed by atoms with Crippen LogP contribution in [0.2, 0.25) is 0 Å². The number of carbonyl (C=O) groups excluding carboxylic acids is 1. The second kappa shape index (κ2) is 8.54. The van der Waals surface area contributed by atoms with E-state index in [4.69, 9.17) is 10.5 Å². The number of amides is 1. The number of rotatable bonds is 12. The van der Waals surface area contributed by atoms with Crippen molar-refractivity contribution in [1.82, 2.24) is 5.32 Å². The zero-order valence-electron chi connectivity index (χ0n) is 12.5. The van der Waals surface area contributed by atoms with E-state index in [2.05, 4.69) is 12.2 Å².